The zero-order valence-corrected chi connectivity index (χ0v) is 10.0. The molecule has 1 aromatic rings. The molecule has 0 aromatic heterocycles. The molecule has 14 heavy (non-hydrogen) atoms. The second kappa shape index (κ2) is 5.16. The Balaban J connectivity index is 3.01. The Morgan fingerprint density at radius 2 is 2.00 bits per heavy atom. The van der Waals surface area contributed by atoms with Crippen molar-refractivity contribution in [3.8, 4) is 0 Å². The molecular formula is C9H10INO3. The van der Waals surface area contributed by atoms with Crippen LogP contribution < -0.4 is 5.06 Å². The van der Waals surface area contributed by atoms with Gasteiger partial charge in [-0.25, -0.2) is 4.79 Å². The number of carbonyl (C=O) groups is 1. The average Bonchev–Trinajstić information content (AvgIpc) is 2.21. The Labute approximate surface area is 95.9 Å². The van der Waals surface area contributed by atoms with Gasteiger partial charge in [-0.1, -0.05) is 12.1 Å². The Hall–Kier alpha value is -0.820. The minimum atomic E-state index is -0.545. The molecular weight excluding hydrogens is 297 g/mol. The van der Waals surface area contributed by atoms with Gasteiger partial charge in [0.2, 0.25) is 0 Å². The summed E-state index contributed by atoms with van der Waals surface area (Å²) in [6.45, 7) is 0. The Bertz CT molecular complexity index is 330. The number of hydrogen-bond acceptors (Lipinski definition) is 3. The van der Waals surface area contributed by atoms with Gasteiger partial charge in [0.15, 0.2) is 0 Å². The molecule has 1 rings (SSSR count). The van der Waals surface area contributed by atoms with Crippen molar-refractivity contribution in [1.82, 2.24) is 0 Å². The van der Waals surface area contributed by atoms with Crippen LogP contribution in [0.15, 0.2) is 24.3 Å². The molecule has 0 fully saturated rings. The Morgan fingerprint density at radius 3 is 2.50 bits per heavy atom. The first-order chi connectivity index (χ1) is 6.70. The highest BCUT2D eigenvalue weighted by molar-refractivity contribution is 14.1. The number of amides is 1. The summed E-state index contributed by atoms with van der Waals surface area (Å²) in [4.78, 5) is 16.2. The van der Waals surface area contributed by atoms with Gasteiger partial charge in [0.1, 0.15) is 0 Å². The molecule has 0 saturated heterocycles. The zero-order valence-electron chi connectivity index (χ0n) is 7.86. The van der Waals surface area contributed by atoms with Crippen molar-refractivity contribution in [1.29, 1.82) is 0 Å². The first-order valence-corrected chi connectivity index (χ1v) is 4.95. The predicted molar refractivity (Wildman–Crippen MR) is 61.1 cm³/mol. The lowest BCUT2D eigenvalue weighted by molar-refractivity contribution is 0.115. The highest BCUT2D eigenvalue weighted by Gasteiger charge is 2.17. The van der Waals surface area contributed by atoms with Crippen molar-refractivity contribution >= 4 is 34.4 Å². The van der Waals surface area contributed by atoms with E-state index in [1.807, 2.05) is 18.2 Å². The average molecular weight is 307 g/mol. The van der Waals surface area contributed by atoms with Crippen molar-refractivity contribution in [3.05, 3.63) is 27.8 Å². The van der Waals surface area contributed by atoms with Crippen molar-refractivity contribution in [2.45, 2.75) is 0 Å². The maximum absolute atomic E-state index is 11.3. The number of anilines is 1. The Kier molecular flexibility index (Phi) is 4.15. The zero-order chi connectivity index (χ0) is 10.6. The summed E-state index contributed by atoms with van der Waals surface area (Å²) in [5.74, 6) is 0. The third-order valence-electron chi connectivity index (χ3n) is 1.59. The van der Waals surface area contributed by atoms with Gasteiger partial charge >= 0.3 is 6.09 Å². The number of halogens is 1. The van der Waals surface area contributed by atoms with Crippen molar-refractivity contribution < 1.29 is 14.4 Å². The topological polar surface area (TPSA) is 38.8 Å². The highest BCUT2D eigenvalue weighted by Crippen LogP contribution is 2.22. The van der Waals surface area contributed by atoms with Gasteiger partial charge in [0, 0.05) is 3.57 Å². The molecule has 0 atom stereocenters. The first-order valence-electron chi connectivity index (χ1n) is 3.87. The van der Waals surface area contributed by atoms with Gasteiger partial charge in [-0.3, -0.25) is 4.84 Å². The highest BCUT2D eigenvalue weighted by atomic mass is 127. The molecule has 5 heteroatoms. The molecule has 0 unspecified atom stereocenters. The summed E-state index contributed by atoms with van der Waals surface area (Å²) >= 11 is 2.12. The molecule has 0 bridgehead atoms. The monoisotopic (exact) mass is 307 g/mol. The van der Waals surface area contributed by atoms with Crippen LogP contribution in [-0.2, 0) is 9.57 Å². The van der Waals surface area contributed by atoms with E-state index in [1.165, 1.54) is 14.2 Å². The molecule has 4 nitrogen and oxygen atoms in total. The van der Waals surface area contributed by atoms with Crippen LogP contribution in [-0.4, -0.2) is 20.3 Å². The maximum Gasteiger partial charge on any atom is 0.438 e. The van der Waals surface area contributed by atoms with E-state index in [0.717, 1.165) is 8.63 Å². The number of rotatable bonds is 2. The number of para-hydroxylation sites is 1. The molecule has 0 N–H and O–H groups in total. The van der Waals surface area contributed by atoms with Gasteiger partial charge in [-0.05, 0) is 34.7 Å². The number of methoxy groups -OCH3 is 1. The van der Waals surface area contributed by atoms with Gasteiger partial charge in [0.05, 0.1) is 19.9 Å². The van der Waals surface area contributed by atoms with E-state index in [2.05, 4.69) is 27.3 Å². The van der Waals surface area contributed by atoms with Crippen LogP contribution in [0.3, 0.4) is 0 Å². The maximum atomic E-state index is 11.3. The summed E-state index contributed by atoms with van der Waals surface area (Å²) in [6.07, 6.45) is -0.545. The number of carbonyl (C=O) groups excluding carboxylic acids is 1. The lowest BCUT2D eigenvalue weighted by Crippen LogP contribution is -2.30. The van der Waals surface area contributed by atoms with Gasteiger partial charge in [-0.15, -0.1) is 0 Å². The van der Waals surface area contributed by atoms with E-state index in [1.54, 1.807) is 6.07 Å². The number of benzene rings is 1. The second-order valence-corrected chi connectivity index (χ2v) is 3.56. The summed E-state index contributed by atoms with van der Waals surface area (Å²) in [5.41, 5.74) is 0.669. The van der Waals surface area contributed by atoms with Gasteiger partial charge in [-0.2, -0.15) is 5.06 Å². The number of hydrogen-bond donors (Lipinski definition) is 0. The summed E-state index contributed by atoms with van der Waals surface area (Å²) < 4.78 is 5.49. The Morgan fingerprint density at radius 1 is 1.36 bits per heavy atom. The molecule has 1 amide bonds. The second-order valence-electron chi connectivity index (χ2n) is 2.40. The molecule has 0 radical (unpaired) electrons. The fourth-order valence-electron chi connectivity index (χ4n) is 0.971. The van der Waals surface area contributed by atoms with E-state index in [9.17, 15) is 4.79 Å². The summed E-state index contributed by atoms with van der Waals surface area (Å²) in [7, 11) is 2.73. The van der Waals surface area contributed by atoms with Crippen LogP contribution >= 0.6 is 22.6 Å². The van der Waals surface area contributed by atoms with E-state index in [4.69, 9.17) is 4.84 Å². The van der Waals surface area contributed by atoms with E-state index >= 15 is 0 Å². The van der Waals surface area contributed by atoms with Crippen LogP contribution in [0.5, 0.6) is 0 Å². The van der Waals surface area contributed by atoms with E-state index in [0.29, 0.717) is 5.69 Å². The minimum absolute atomic E-state index is 0.545. The number of ether oxygens (including phenoxy) is 1. The van der Waals surface area contributed by atoms with Gasteiger partial charge < -0.3 is 4.74 Å². The summed E-state index contributed by atoms with van der Waals surface area (Å²) in [6, 6.07) is 7.37. The lowest BCUT2D eigenvalue weighted by Gasteiger charge is -2.18. The quantitative estimate of drug-likeness (QED) is 0.622. The molecule has 0 heterocycles. The molecule has 0 saturated carbocycles. The molecule has 0 spiro atoms. The van der Waals surface area contributed by atoms with Crippen molar-refractivity contribution in [2.24, 2.45) is 0 Å². The van der Waals surface area contributed by atoms with Crippen LogP contribution in [0.1, 0.15) is 0 Å². The standard InChI is InChI=1S/C9H10INO3/c1-13-9(12)11(14-2)8-6-4-3-5-7(8)10/h3-6H,1-2H3. The number of nitrogens with zero attached hydrogens (tertiary/aromatic N) is 1. The van der Waals surface area contributed by atoms with Crippen LogP contribution in [0.4, 0.5) is 10.5 Å². The smallest absolute Gasteiger partial charge is 0.438 e. The largest absolute Gasteiger partial charge is 0.451 e. The SMILES string of the molecule is COC(=O)N(OC)c1ccccc1I. The third kappa shape index (κ3) is 2.36. The van der Waals surface area contributed by atoms with E-state index in [-0.39, 0.29) is 0 Å². The van der Waals surface area contributed by atoms with Crippen LogP contribution in [0, 0.1) is 3.57 Å². The third-order valence-corrected chi connectivity index (χ3v) is 2.51. The normalized spacial score (nSPS) is 9.64. The molecule has 0 aliphatic rings. The molecule has 0 aliphatic carbocycles. The fraction of sp³-hybridized carbons (Fsp3) is 0.222. The molecule has 76 valence electrons. The van der Waals surface area contributed by atoms with Crippen molar-refractivity contribution in [2.75, 3.05) is 19.3 Å². The lowest BCUT2D eigenvalue weighted by atomic mass is 10.3. The minimum Gasteiger partial charge on any atom is -0.451 e. The van der Waals surface area contributed by atoms with Crippen molar-refractivity contribution in [3.63, 3.8) is 0 Å². The fourth-order valence-corrected chi connectivity index (χ4v) is 1.58. The van der Waals surface area contributed by atoms with Crippen LogP contribution in [0.2, 0.25) is 0 Å². The predicted octanol–water partition coefficient (Wildman–Crippen LogP) is 2.43. The van der Waals surface area contributed by atoms with E-state index < -0.39 is 6.09 Å². The molecule has 1 aromatic carbocycles. The first kappa shape index (κ1) is 11.3. The number of hydroxylamine groups is 1. The van der Waals surface area contributed by atoms with Crippen LogP contribution in [0.25, 0.3) is 0 Å². The molecule has 0 aliphatic heterocycles. The van der Waals surface area contributed by atoms with Gasteiger partial charge in [0.25, 0.3) is 0 Å². The summed E-state index contributed by atoms with van der Waals surface area (Å²) in [5, 5.41) is 1.10.